The maximum Gasteiger partial charge on any atom is 0.430 e. The average Bonchev–Trinajstić information content (AvgIpc) is 2.73. The van der Waals surface area contributed by atoms with Crippen molar-refractivity contribution < 1.29 is 32.5 Å². The number of aliphatic carboxylic acids is 1. The average molecular weight is 434 g/mol. The summed E-state index contributed by atoms with van der Waals surface area (Å²) < 4.78 is 51.2. The minimum absolute atomic E-state index is 0.00316. The molecule has 0 spiro atoms. The van der Waals surface area contributed by atoms with Crippen LogP contribution < -0.4 is 9.47 Å². The van der Waals surface area contributed by atoms with Gasteiger partial charge in [0.2, 0.25) is 6.10 Å². The molecule has 0 fully saturated rings. The quantitative estimate of drug-likeness (QED) is 0.490. The van der Waals surface area contributed by atoms with Crippen LogP contribution in [0.15, 0.2) is 48.0 Å². The van der Waals surface area contributed by atoms with E-state index in [1.807, 2.05) is 30.3 Å². The molecular weight excluding hydrogens is 409 g/mol. The van der Waals surface area contributed by atoms with Gasteiger partial charge in [0.1, 0.15) is 11.5 Å². The van der Waals surface area contributed by atoms with Crippen molar-refractivity contribution in [3.63, 3.8) is 0 Å². The van der Waals surface area contributed by atoms with Gasteiger partial charge >= 0.3 is 12.1 Å². The molecule has 1 aliphatic rings. The molecule has 0 aliphatic carbocycles. The van der Waals surface area contributed by atoms with Crippen LogP contribution in [-0.2, 0) is 11.2 Å². The summed E-state index contributed by atoms with van der Waals surface area (Å²) in [6.45, 7) is 2.59. The molecule has 0 saturated heterocycles. The van der Waals surface area contributed by atoms with Gasteiger partial charge in [0, 0.05) is 17.5 Å². The third-order valence-electron chi connectivity index (χ3n) is 5.07. The maximum atomic E-state index is 13.4. The fourth-order valence-electron chi connectivity index (χ4n) is 3.48. The summed E-state index contributed by atoms with van der Waals surface area (Å²) >= 11 is 0. The van der Waals surface area contributed by atoms with Crippen molar-refractivity contribution in [1.29, 1.82) is 0 Å². The maximum absolute atomic E-state index is 13.4. The molecule has 31 heavy (non-hydrogen) atoms. The summed E-state index contributed by atoms with van der Waals surface area (Å²) in [6, 6.07) is 12.6. The van der Waals surface area contributed by atoms with Crippen molar-refractivity contribution in [2.24, 2.45) is 0 Å². The van der Waals surface area contributed by atoms with Crippen molar-refractivity contribution in [3.05, 3.63) is 64.7 Å². The summed E-state index contributed by atoms with van der Waals surface area (Å²) in [6.07, 6.45) is -1.80. The zero-order valence-electron chi connectivity index (χ0n) is 17.2. The Bertz CT molecular complexity index is 936. The number of hydrogen-bond acceptors (Lipinski definition) is 3. The third kappa shape index (κ3) is 5.81. The minimum Gasteiger partial charge on any atom is -0.493 e. The van der Waals surface area contributed by atoms with Gasteiger partial charge in [-0.1, -0.05) is 56.5 Å². The molecular formula is C24H25F3O4. The summed E-state index contributed by atoms with van der Waals surface area (Å²) in [7, 11) is 0. The standard InChI is InChI=1S/C24H25F3O4/c1-2-3-4-8-11-30-20-14-18-13-19(23(28)29)22(24(25,26)27)31-21(18)15-17(20)12-16-9-6-5-7-10-16/h5-7,9-10,13-15,22H,2-4,8,11-12H2,1H3,(H,28,29). The Hall–Kier alpha value is -2.96. The number of carbonyl (C=O) groups is 1. The molecule has 0 amide bonds. The van der Waals surface area contributed by atoms with Gasteiger partial charge in [0.25, 0.3) is 0 Å². The molecule has 0 bridgehead atoms. The van der Waals surface area contributed by atoms with E-state index < -0.39 is 23.8 Å². The van der Waals surface area contributed by atoms with Gasteiger partial charge in [-0.3, -0.25) is 0 Å². The second-order valence-electron chi connectivity index (χ2n) is 7.51. The van der Waals surface area contributed by atoms with Crippen molar-refractivity contribution >= 4 is 12.0 Å². The molecule has 3 rings (SSSR count). The largest absolute Gasteiger partial charge is 0.493 e. The van der Waals surface area contributed by atoms with Gasteiger partial charge in [-0.25, -0.2) is 4.79 Å². The Kier molecular flexibility index (Phi) is 7.25. The van der Waals surface area contributed by atoms with Crippen LogP contribution in [0.5, 0.6) is 11.5 Å². The van der Waals surface area contributed by atoms with Crippen molar-refractivity contribution in [2.45, 2.75) is 51.3 Å². The first-order valence-corrected chi connectivity index (χ1v) is 10.3. The van der Waals surface area contributed by atoms with Gasteiger partial charge in [-0.15, -0.1) is 0 Å². The van der Waals surface area contributed by atoms with Gasteiger partial charge in [-0.2, -0.15) is 13.2 Å². The topological polar surface area (TPSA) is 55.8 Å². The van der Waals surface area contributed by atoms with Crippen LogP contribution in [-0.4, -0.2) is 30.0 Å². The number of ether oxygens (including phenoxy) is 2. The molecule has 0 aromatic heterocycles. The van der Waals surface area contributed by atoms with E-state index in [0.717, 1.165) is 37.3 Å². The summed E-state index contributed by atoms with van der Waals surface area (Å²) in [4.78, 5) is 11.4. The van der Waals surface area contributed by atoms with E-state index in [1.165, 1.54) is 6.07 Å². The Balaban J connectivity index is 1.95. The van der Waals surface area contributed by atoms with E-state index in [-0.39, 0.29) is 11.3 Å². The van der Waals surface area contributed by atoms with Crippen LogP contribution in [0.4, 0.5) is 13.2 Å². The van der Waals surface area contributed by atoms with Crippen LogP contribution in [0, 0.1) is 0 Å². The second kappa shape index (κ2) is 9.90. The molecule has 166 valence electrons. The molecule has 1 unspecified atom stereocenters. The highest BCUT2D eigenvalue weighted by atomic mass is 19.4. The molecule has 1 aliphatic heterocycles. The summed E-state index contributed by atoms with van der Waals surface area (Å²) in [5.74, 6) is -1.14. The van der Waals surface area contributed by atoms with E-state index in [9.17, 15) is 23.1 Å². The van der Waals surface area contributed by atoms with E-state index >= 15 is 0 Å². The van der Waals surface area contributed by atoms with Crippen LogP contribution in [0.2, 0.25) is 0 Å². The number of unbranched alkanes of at least 4 members (excludes halogenated alkanes) is 3. The first kappa shape index (κ1) is 22.7. The normalized spacial score (nSPS) is 15.6. The molecule has 4 nitrogen and oxygen atoms in total. The number of carboxylic acids is 1. The highest BCUT2D eigenvalue weighted by Gasteiger charge is 2.48. The predicted octanol–water partition coefficient (Wildman–Crippen LogP) is 6.03. The first-order valence-electron chi connectivity index (χ1n) is 10.3. The molecule has 0 saturated carbocycles. The molecule has 7 heteroatoms. The van der Waals surface area contributed by atoms with Crippen molar-refractivity contribution in [3.8, 4) is 11.5 Å². The lowest BCUT2D eigenvalue weighted by atomic mass is 9.97. The molecule has 2 aromatic rings. The fourth-order valence-corrected chi connectivity index (χ4v) is 3.48. The third-order valence-corrected chi connectivity index (χ3v) is 5.07. The number of carboxylic acid groups (broad SMARTS) is 1. The van der Waals surface area contributed by atoms with Gasteiger partial charge in [0.05, 0.1) is 12.2 Å². The number of rotatable bonds is 9. The number of hydrogen-bond donors (Lipinski definition) is 1. The van der Waals surface area contributed by atoms with Gasteiger partial charge in [-0.05, 0) is 30.2 Å². The van der Waals surface area contributed by atoms with Gasteiger partial charge in [0.15, 0.2) is 0 Å². The lowest BCUT2D eigenvalue weighted by molar-refractivity contribution is -0.187. The predicted molar refractivity (Wildman–Crippen MR) is 111 cm³/mol. The molecule has 0 radical (unpaired) electrons. The Labute approximate surface area is 179 Å². The van der Waals surface area contributed by atoms with Crippen LogP contribution >= 0.6 is 0 Å². The number of halogens is 3. The summed E-state index contributed by atoms with van der Waals surface area (Å²) in [5.41, 5.74) is 1.08. The number of benzene rings is 2. The summed E-state index contributed by atoms with van der Waals surface area (Å²) in [5, 5.41) is 9.26. The van der Waals surface area contributed by atoms with E-state index in [4.69, 9.17) is 9.47 Å². The Morgan fingerprint density at radius 2 is 1.87 bits per heavy atom. The van der Waals surface area contributed by atoms with Crippen molar-refractivity contribution in [2.75, 3.05) is 6.61 Å². The van der Waals surface area contributed by atoms with Gasteiger partial charge < -0.3 is 14.6 Å². The van der Waals surface area contributed by atoms with E-state index in [2.05, 4.69) is 6.92 Å². The van der Waals surface area contributed by atoms with Crippen LogP contribution in [0.1, 0.15) is 49.3 Å². The van der Waals surface area contributed by atoms with E-state index in [0.29, 0.717) is 24.3 Å². The SMILES string of the molecule is CCCCCCOc1cc2c(cc1Cc1ccccc1)OC(C(F)(F)F)C(C(=O)O)=C2. The Morgan fingerprint density at radius 3 is 2.52 bits per heavy atom. The zero-order valence-corrected chi connectivity index (χ0v) is 17.2. The lowest BCUT2D eigenvalue weighted by Crippen LogP contribution is -2.40. The van der Waals surface area contributed by atoms with Crippen molar-refractivity contribution in [1.82, 2.24) is 0 Å². The highest BCUT2D eigenvalue weighted by molar-refractivity contribution is 5.95. The highest BCUT2D eigenvalue weighted by Crippen LogP contribution is 2.40. The second-order valence-corrected chi connectivity index (χ2v) is 7.51. The van der Waals surface area contributed by atoms with Crippen LogP contribution in [0.25, 0.3) is 6.08 Å². The lowest BCUT2D eigenvalue weighted by Gasteiger charge is -2.28. The fraction of sp³-hybridized carbons (Fsp3) is 0.375. The first-order chi connectivity index (χ1) is 14.8. The smallest absolute Gasteiger partial charge is 0.430 e. The molecule has 1 N–H and O–H groups in total. The molecule has 1 heterocycles. The number of alkyl halides is 3. The Morgan fingerprint density at radius 1 is 1.13 bits per heavy atom. The minimum atomic E-state index is -4.84. The van der Waals surface area contributed by atoms with E-state index in [1.54, 1.807) is 6.07 Å². The molecule has 1 atom stereocenters. The number of fused-ring (bicyclic) bond motifs is 1. The monoisotopic (exact) mass is 434 g/mol. The zero-order chi connectivity index (χ0) is 22.4. The van der Waals surface area contributed by atoms with Crippen LogP contribution in [0.3, 0.4) is 0 Å². The molecule has 2 aromatic carbocycles.